The van der Waals surface area contributed by atoms with Gasteiger partial charge in [0.05, 0.1) is 0 Å². The first kappa shape index (κ1) is 21.8. The summed E-state index contributed by atoms with van der Waals surface area (Å²) >= 11 is 1.03. The van der Waals surface area contributed by atoms with Crippen molar-refractivity contribution >= 4 is 34.7 Å². The van der Waals surface area contributed by atoms with Crippen LogP contribution in [-0.4, -0.2) is 30.8 Å². The first-order valence-corrected chi connectivity index (χ1v) is 11.1. The lowest BCUT2D eigenvalue weighted by molar-refractivity contribution is -0.131. The zero-order valence-corrected chi connectivity index (χ0v) is 18.6. The highest BCUT2D eigenvalue weighted by Crippen LogP contribution is 2.32. The Morgan fingerprint density at radius 1 is 1.22 bits per heavy atom. The van der Waals surface area contributed by atoms with Crippen LogP contribution < -0.4 is 0 Å². The molecule has 32 heavy (non-hydrogen) atoms. The topological polar surface area (TPSA) is 83.8 Å². The third-order valence-electron chi connectivity index (χ3n) is 5.22. The number of benzene rings is 2. The zero-order chi connectivity index (χ0) is 22.7. The number of aromatic nitrogens is 4. The molecule has 6 nitrogen and oxygen atoms in total. The zero-order valence-electron chi connectivity index (χ0n) is 17.8. The molecule has 2 N–H and O–H groups in total. The van der Waals surface area contributed by atoms with Crippen molar-refractivity contribution in [2.24, 2.45) is 0 Å². The second-order valence-corrected chi connectivity index (χ2v) is 8.47. The van der Waals surface area contributed by atoms with Crippen LogP contribution in [0.2, 0.25) is 0 Å². The molecule has 8 heteroatoms. The fourth-order valence-corrected chi connectivity index (χ4v) is 4.36. The van der Waals surface area contributed by atoms with E-state index in [9.17, 15) is 14.3 Å². The van der Waals surface area contributed by atoms with Gasteiger partial charge in [0.1, 0.15) is 16.5 Å². The summed E-state index contributed by atoms with van der Waals surface area (Å²) in [6.07, 6.45) is 3.37. The van der Waals surface area contributed by atoms with Gasteiger partial charge in [-0.2, -0.15) is 0 Å². The third-order valence-corrected chi connectivity index (χ3v) is 6.10. The molecule has 4 aromatic rings. The van der Waals surface area contributed by atoms with Crippen molar-refractivity contribution in [2.75, 3.05) is 0 Å². The van der Waals surface area contributed by atoms with Gasteiger partial charge < -0.3 is 9.67 Å². The van der Waals surface area contributed by atoms with Crippen molar-refractivity contribution in [1.29, 1.82) is 0 Å². The van der Waals surface area contributed by atoms with Crippen molar-refractivity contribution < 1.29 is 14.3 Å². The molecule has 2 aromatic heterocycles. The van der Waals surface area contributed by atoms with Crippen molar-refractivity contribution in [3.8, 4) is 0 Å². The Bertz CT molecular complexity index is 1290. The number of H-pyrrole nitrogens is 1. The molecule has 0 amide bonds. The number of nitrogens with one attached hydrogen (secondary N) is 1. The number of aliphatic carboxylic acids is 1. The number of nitrogens with zero attached hydrogens (tertiary/aromatic N) is 3. The van der Waals surface area contributed by atoms with Crippen LogP contribution in [0.15, 0.2) is 58.6 Å². The van der Waals surface area contributed by atoms with Crippen LogP contribution in [0.4, 0.5) is 4.39 Å². The highest BCUT2D eigenvalue weighted by Gasteiger charge is 2.18. The fourth-order valence-electron chi connectivity index (χ4n) is 3.65. The number of carboxylic acid groups (broad SMARTS) is 1. The highest BCUT2D eigenvalue weighted by molar-refractivity contribution is 8.04. The second-order valence-electron chi connectivity index (χ2n) is 7.46. The number of carboxylic acids is 1. The Morgan fingerprint density at radius 2 is 1.97 bits per heavy atom. The van der Waals surface area contributed by atoms with E-state index in [1.807, 2.05) is 38.1 Å². The average molecular weight is 451 g/mol. The number of aromatic amines is 1. The van der Waals surface area contributed by atoms with Crippen LogP contribution in [0.1, 0.15) is 36.0 Å². The van der Waals surface area contributed by atoms with Crippen LogP contribution in [0.25, 0.3) is 17.0 Å². The van der Waals surface area contributed by atoms with Gasteiger partial charge >= 0.3 is 5.97 Å². The number of rotatable bonds is 8. The van der Waals surface area contributed by atoms with Crippen LogP contribution in [0, 0.1) is 12.7 Å². The molecule has 0 aliphatic heterocycles. The number of hydrogen-bond donors (Lipinski definition) is 2. The number of thioether (sulfide) groups is 1. The minimum absolute atomic E-state index is 0.139. The minimum atomic E-state index is -1.04. The van der Waals surface area contributed by atoms with Gasteiger partial charge in [-0.3, -0.25) is 5.10 Å². The van der Waals surface area contributed by atoms with E-state index in [0.29, 0.717) is 11.7 Å². The molecule has 0 unspecified atom stereocenters. The van der Waals surface area contributed by atoms with E-state index in [1.165, 1.54) is 12.1 Å². The number of hydrogen-bond acceptors (Lipinski definition) is 4. The molecule has 164 valence electrons. The Morgan fingerprint density at radius 3 is 2.69 bits per heavy atom. The van der Waals surface area contributed by atoms with Gasteiger partial charge in [-0.15, -0.1) is 5.10 Å². The van der Waals surface area contributed by atoms with Crippen LogP contribution in [0.3, 0.4) is 0 Å². The number of carbonyl (C=O) groups is 1. The molecular formula is C24H23FN4O2S. The summed E-state index contributed by atoms with van der Waals surface area (Å²) in [5.74, 6) is -0.568. The minimum Gasteiger partial charge on any atom is -0.477 e. The van der Waals surface area contributed by atoms with Crippen molar-refractivity contribution in [3.05, 3.63) is 81.9 Å². The number of fused-ring (bicyclic) bond motifs is 1. The van der Waals surface area contributed by atoms with Gasteiger partial charge in [-0.25, -0.2) is 14.2 Å². The maximum absolute atomic E-state index is 13.3. The lowest BCUT2D eigenvalue weighted by Gasteiger charge is -2.09. The van der Waals surface area contributed by atoms with Crippen LogP contribution in [0.5, 0.6) is 0 Å². The molecule has 4 rings (SSSR count). The van der Waals surface area contributed by atoms with Crippen molar-refractivity contribution in [1.82, 2.24) is 19.7 Å². The number of halogens is 1. The van der Waals surface area contributed by atoms with E-state index in [2.05, 4.69) is 19.7 Å². The monoisotopic (exact) mass is 450 g/mol. The summed E-state index contributed by atoms with van der Waals surface area (Å²) < 4.78 is 15.4. The number of para-hydroxylation sites is 1. The van der Waals surface area contributed by atoms with Gasteiger partial charge in [-0.05, 0) is 54.9 Å². The maximum Gasteiger partial charge on any atom is 0.342 e. The standard InChI is InChI=1S/C24H23FN4O2S/c1-3-6-22-26-24(28-27-22)32-21(23(30)31)13-19-15(2)29(20-8-5-4-7-18(19)20)14-16-9-11-17(25)12-10-16/h4-5,7-13H,3,6,14H2,1-2H3,(H,30,31)(H,26,27,28)/b21-13-. The van der Waals surface area contributed by atoms with Gasteiger partial charge in [-0.1, -0.05) is 37.3 Å². The molecule has 2 aromatic carbocycles. The highest BCUT2D eigenvalue weighted by atomic mass is 32.2. The summed E-state index contributed by atoms with van der Waals surface area (Å²) in [5, 5.41) is 18.2. The van der Waals surface area contributed by atoms with E-state index in [4.69, 9.17) is 0 Å². The Hall–Kier alpha value is -3.39. The second kappa shape index (κ2) is 9.40. The Balaban J connectivity index is 1.74. The Labute approximate surface area is 189 Å². The molecule has 0 bridgehead atoms. The predicted octanol–water partition coefficient (Wildman–Crippen LogP) is 5.43. The summed E-state index contributed by atoms with van der Waals surface area (Å²) in [6.45, 7) is 4.56. The predicted molar refractivity (Wildman–Crippen MR) is 124 cm³/mol. The molecular weight excluding hydrogens is 427 g/mol. The van der Waals surface area contributed by atoms with Gasteiger partial charge in [0, 0.05) is 35.1 Å². The SMILES string of the molecule is CCCc1nc(S/C(=C\c2c(C)n(Cc3ccc(F)cc3)c3ccccc23)C(=O)O)n[nH]1. The summed E-state index contributed by atoms with van der Waals surface area (Å²) in [6, 6.07) is 14.3. The average Bonchev–Trinajstić information content (AvgIpc) is 3.32. The maximum atomic E-state index is 13.3. The molecule has 2 heterocycles. The molecule has 0 aliphatic rings. The van der Waals surface area contributed by atoms with E-state index in [-0.39, 0.29) is 10.7 Å². The molecule has 0 saturated carbocycles. The quantitative estimate of drug-likeness (QED) is 0.276. The summed E-state index contributed by atoms with van der Waals surface area (Å²) in [4.78, 5) is 16.5. The summed E-state index contributed by atoms with van der Waals surface area (Å²) in [5.41, 5.74) is 3.70. The molecule has 0 saturated heterocycles. The number of aryl methyl sites for hydroxylation is 1. The molecule has 0 radical (unpaired) electrons. The fraction of sp³-hybridized carbons (Fsp3) is 0.208. The molecule has 0 spiro atoms. The van der Waals surface area contributed by atoms with Gasteiger partial charge in [0.15, 0.2) is 0 Å². The van der Waals surface area contributed by atoms with Crippen molar-refractivity contribution in [2.45, 2.75) is 38.4 Å². The lowest BCUT2D eigenvalue weighted by Crippen LogP contribution is -2.02. The first-order valence-electron chi connectivity index (χ1n) is 10.3. The van der Waals surface area contributed by atoms with Crippen molar-refractivity contribution in [3.63, 3.8) is 0 Å². The lowest BCUT2D eigenvalue weighted by atomic mass is 10.1. The first-order chi connectivity index (χ1) is 15.5. The smallest absolute Gasteiger partial charge is 0.342 e. The van der Waals surface area contributed by atoms with E-state index >= 15 is 0 Å². The normalized spacial score (nSPS) is 11.9. The molecule has 0 fully saturated rings. The third kappa shape index (κ3) is 4.60. The van der Waals surface area contributed by atoms with E-state index in [1.54, 1.807) is 18.2 Å². The molecule has 0 atom stereocenters. The van der Waals surface area contributed by atoms with E-state index in [0.717, 1.165) is 58.2 Å². The summed E-state index contributed by atoms with van der Waals surface area (Å²) in [7, 11) is 0. The van der Waals surface area contributed by atoms with Gasteiger partial charge in [0.25, 0.3) is 0 Å². The Kier molecular flexibility index (Phi) is 6.41. The molecule has 0 aliphatic carbocycles. The van der Waals surface area contributed by atoms with Gasteiger partial charge in [0.2, 0.25) is 5.16 Å². The largest absolute Gasteiger partial charge is 0.477 e. The van der Waals surface area contributed by atoms with E-state index < -0.39 is 5.97 Å². The van der Waals surface area contributed by atoms with Crippen LogP contribution >= 0.6 is 11.8 Å². The van der Waals surface area contributed by atoms with Crippen LogP contribution in [-0.2, 0) is 17.8 Å².